The van der Waals surface area contributed by atoms with Gasteiger partial charge in [0, 0.05) is 26.8 Å². The average molecular weight is 415 g/mol. The summed E-state index contributed by atoms with van der Waals surface area (Å²) in [7, 11) is 0. The van der Waals surface area contributed by atoms with E-state index < -0.39 is 0 Å². The van der Waals surface area contributed by atoms with Crippen LogP contribution in [-0.2, 0) is 5.75 Å². The van der Waals surface area contributed by atoms with Crippen molar-refractivity contribution in [1.29, 1.82) is 0 Å². The van der Waals surface area contributed by atoms with Gasteiger partial charge in [-0.25, -0.2) is 5.43 Å². The Balaban J connectivity index is 1.88. The van der Waals surface area contributed by atoms with Gasteiger partial charge in [0.2, 0.25) is 0 Å². The number of carbonyl (C=O) groups is 1. The third-order valence-corrected chi connectivity index (χ3v) is 6.22. The van der Waals surface area contributed by atoms with Gasteiger partial charge in [0.1, 0.15) is 5.71 Å². The van der Waals surface area contributed by atoms with E-state index in [1.807, 2.05) is 54.2 Å². The first kappa shape index (κ1) is 19.7. The number of hydrazone groups is 1. The Labute approximate surface area is 172 Å². The van der Waals surface area contributed by atoms with Crippen LogP contribution in [0, 0.1) is 0 Å². The molecule has 0 saturated heterocycles. The lowest BCUT2D eigenvalue weighted by atomic mass is 10.1. The molecule has 1 N–H and O–H groups in total. The molecule has 2 aromatic carbocycles. The van der Waals surface area contributed by atoms with Gasteiger partial charge in [0.05, 0.1) is 4.88 Å². The summed E-state index contributed by atoms with van der Waals surface area (Å²) in [6.07, 6.45) is 0. The highest BCUT2D eigenvalue weighted by molar-refractivity contribution is 7.98. The zero-order chi connectivity index (χ0) is 19.1. The van der Waals surface area contributed by atoms with Crippen LogP contribution in [0.1, 0.15) is 32.6 Å². The molecule has 0 bridgehead atoms. The molecule has 3 nitrogen and oxygen atoms in total. The van der Waals surface area contributed by atoms with Crippen LogP contribution in [0.25, 0.3) is 0 Å². The van der Waals surface area contributed by atoms with Gasteiger partial charge >= 0.3 is 0 Å². The topological polar surface area (TPSA) is 41.5 Å². The van der Waals surface area contributed by atoms with Crippen LogP contribution in [-0.4, -0.2) is 17.4 Å². The molecule has 0 aliphatic carbocycles. The minimum absolute atomic E-state index is 0.236. The number of benzene rings is 2. The molecule has 0 fully saturated rings. The van der Waals surface area contributed by atoms with Gasteiger partial charge in [-0.15, -0.1) is 11.3 Å². The summed E-state index contributed by atoms with van der Waals surface area (Å²) >= 11 is 9.60. The summed E-state index contributed by atoms with van der Waals surface area (Å²) in [5.74, 6) is 1.82. The van der Waals surface area contributed by atoms with Crippen molar-refractivity contribution in [3.8, 4) is 0 Å². The third kappa shape index (κ3) is 5.45. The van der Waals surface area contributed by atoms with Crippen LogP contribution in [0.2, 0.25) is 5.02 Å². The Morgan fingerprint density at radius 3 is 2.48 bits per heavy atom. The molecule has 27 heavy (non-hydrogen) atoms. The quantitative estimate of drug-likeness (QED) is 0.390. The Morgan fingerprint density at radius 1 is 1.04 bits per heavy atom. The number of carbonyl (C=O) groups excluding carboxylic acids is 1. The second-order valence-electron chi connectivity index (χ2n) is 5.68. The van der Waals surface area contributed by atoms with Crippen LogP contribution in [0.4, 0.5) is 0 Å². The van der Waals surface area contributed by atoms with Crippen molar-refractivity contribution in [3.05, 3.63) is 92.6 Å². The highest BCUT2D eigenvalue weighted by Gasteiger charge is 2.12. The van der Waals surface area contributed by atoms with Gasteiger partial charge in [-0.3, -0.25) is 4.79 Å². The minimum atomic E-state index is -0.236. The lowest BCUT2D eigenvalue weighted by molar-refractivity contribution is 0.0955. The minimum Gasteiger partial charge on any atom is -0.267 e. The summed E-state index contributed by atoms with van der Waals surface area (Å²) < 4.78 is 0. The number of thiophene rings is 1. The molecule has 0 atom stereocenters. The van der Waals surface area contributed by atoms with Crippen LogP contribution in [0.5, 0.6) is 0 Å². The smallest absolute Gasteiger partial charge is 0.267 e. The molecule has 0 aliphatic heterocycles. The molecule has 3 rings (SSSR count). The van der Waals surface area contributed by atoms with Crippen LogP contribution in [0.3, 0.4) is 0 Å². The van der Waals surface area contributed by atoms with Crippen molar-refractivity contribution in [2.45, 2.75) is 12.7 Å². The summed E-state index contributed by atoms with van der Waals surface area (Å²) in [6, 6.07) is 20.7. The molecular formula is C21H19ClN2OS2. The van der Waals surface area contributed by atoms with Crippen molar-refractivity contribution >= 4 is 46.3 Å². The predicted octanol–water partition coefficient (Wildman–Crippen LogP) is 5.84. The van der Waals surface area contributed by atoms with Gasteiger partial charge in [-0.1, -0.05) is 48.9 Å². The van der Waals surface area contributed by atoms with Gasteiger partial charge in [-0.2, -0.15) is 16.9 Å². The maximum absolute atomic E-state index is 12.4. The zero-order valence-corrected chi connectivity index (χ0v) is 17.2. The number of hydrogen-bond acceptors (Lipinski definition) is 4. The number of nitrogens with zero attached hydrogens (tertiary/aromatic N) is 1. The molecular weight excluding hydrogens is 396 g/mol. The van der Waals surface area contributed by atoms with E-state index in [-0.39, 0.29) is 5.91 Å². The van der Waals surface area contributed by atoms with Gasteiger partial charge < -0.3 is 0 Å². The Morgan fingerprint density at radius 2 is 1.78 bits per heavy atom. The lowest BCUT2D eigenvalue weighted by Gasteiger charge is -2.06. The normalized spacial score (nSPS) is 11.4. The van der Waals surface area contributed by atoms with Crippen LogP contribution < -0.4 is 5.43 Å². The highest BCUT2D eigenvalue weighted by Crippen LogP contribution is 2.25. The van der Waals surface area contributed by atoms with Crippen molar-refractivity contribution < 1.29 is 4.79 Å². The largest absolute Gasteiger partial charge is 0.271 e. The van der Waals surface area contributed by atoms with Gasteiger partial charge in [0.25, 0.3) is 5.91 Å². The van der Waals surface area contributed by atoms with E-state index in [0.717, 1.165) is 27.7 Å². The van der Waals surface area contributed by atoms with Crippen molar-refractivity contribution in [3.63, 3.8) is 0 Å². The summed E-state index contributed by atoms with van der Waals surface area (Å²) in [5.41, 5.74) is 4.89. The molecule has 1 heterocycles. The van der Waals surface area contributed by atoms with Crippen molar-refractivity contribution in [2.24, 2.45) is 5.10 Å². The van der Waals surface area contributed by atoms with Crippen molar-refractivity contribution in [1.82, 2.24) is 5.43 Å². The van der Waals surface area contributed by atoms with E-state index in [2.05, 4.69) is 29.6 Å². The molecule has 0 saturated carbocycles. The zero-order valence-electron chi connectivity index (χ0n) is 14.8. The summed E-state index contributed by atoms with van der Waals surface area (Å²) in [6.45, 7) is 2.15. The first-order valence-corrected chi connectivity index (χ1v) is 10.9. The molecule has 138 valence electrons. The Kier molecular flexibility index (Phi) is 7.10. The molecule has 1 amide bonds. The van der Waals surface area contributed by atoms with E-state index in [9.17, 15) is 4.79 Å². The van der Waals surface area contributed by atoms with Crippen LogP contribution in [0.15, 0.2) is 71.8 Å². The monoisotopic (exact) mass is 414 g/mol. The molecule has 0 spiro atoms. The third-order valence-electron chi connectivity index (χ3n) is 3.77. The maximum atomic E-state index is 12.4. The number of amides is 1. The molecule has 1 aromatic heterocycles. The number of rotatable bonds is 7. The van der Waals surface area contributed by atoms with Crippen LogP contribution >= 0.6 is 34.7 Å². The highest BCUT2D eigenvalue weighted by atomic mass is 35.5. The fourth-order valence-electron chi connectivity index (χ4n) is 2.42. The van der Waals surface area contributed by atoms with Gasteiger partial charge in [-0.05, 0) is 42.2 Å². The standard InChI is InChI=1S/C21H19ClN2OS2/c1-2-26-14-18-12-13-19(27-18)20(15-8-10-17(22)11-9-15)23-24-21(25)16-6-4-3-5-7-16/h3-13H,2,14H2,1H3,(H,24,25). The summed E-state index contributed by atoms with van der Waals surface area (Å²) in [4.78, 5) is 14.7. The second kappa shape index (κ2) is 9.74. The fourth-order valence-corrected chi connectivity index (χ4v) is 4.34. The molecule has 0 radical (unpaired) electrons. The fraction of sp³-hybridized carbons (Fsp3) is 0.143. The Hall–Kier alpha value is -2.08. The second-order valence-corrected chi connectivity index (χ2v) is 8.56. The Bertz CT molecular complexity index is 921. The molecule has 0 aliphatic rings. The maximum Gasteiger partial charge on any atom is 0.271 e. The SMILES string of the molecule is CCSCc1ccc(C(=NNC(=O)c2ccccc2)c2ccc(Cl)cc2)s1. The van der Waals surface area contributed by atoms with E-state index in [1.54, 1.807) is 23.5 Å². The number of nitrogens with one attached hydrogen (secondary N) is 1. The van der Waals surface area contributed by atoms with E-state index >= 15 is 0 Å². The number of hydrogen-bond donors (Lipinski definition) is 1. The first-order chi connectivity index (χ1) is 13.2. The molecule has 6 heteroatoms. The van der Waals surface area contributed by atoms with E-state index in [0.29, 0.717) is 10.6 Å². The average Bonchev–Trinajstić information content (AvgIpc) is 3.17. The molecule has 0 unspecified atom stereocenters. The molecule has 3 aromatic rings. The predicted molar refractivity (Wildman–Crippen MR) is 117 cm³/mol. The van der Waals surface area contributed by atoms with E-state index in [1.165, 1.54) is 4.88 Å². The summed E-state index contributed by atoms with van der Waals surface area (Å²) in [5, 5.41) is 5.11. The lowest BCUT2D eigenvalue weighted by Crippen LogP contribution is -2.20. The number of halogens is 1. The van der Waals surface area contributed by atoms with Crippen molar-refractivity contribution in [2.75, 3.05) is 5.75 Å². The van der Waals surface area contributed by atoms with E-state index in [4.69, 9.17) is 11.6 Å². The first-order valence-electron chi connectivity index (χ1n) is 8.53. The van der Waals surface area contributed by atoms with Gasteiger partial charge in [0.15, 0.2) is 0 Å². The number of thioether (sulfide) groups is 1.